The van der Waals surface area contributed by atoms with Crippen LogP contribution in [0.25, 0.3) is 11.0 Å². The molecule has 0 saturated heterocycles. The monoisotopic (exact) mass is 233 g/mol. The fourth-order valence-corrected chi connectivity index (χ4v) is 1.80. The lowest BCUT2D eigenvalue weighted by Gasteiger charge is -2.06. The van der Waals surface area contributed by atoms with Crippen molar-refractivity contribution in [3.05, 3.63) is 30.0 Å². The Morgan fingerprint density at radius 2 is 2.18 bits per heavy atom. The molecule has 0 fully saturated rings. The zero-order valence-corrected chi connectivity index (χ0v) is 10.6. The summed E-state index contributed by atoms with van der Waals surface area (Å²) in [4.78, 5) is 0. The number of para-hydroxylation sites is 1. The van der Waals surface area contributed by atoms with E-state index in [-0.39, 0.29) is 0 Å². The molecule has 0 spiro atoms. The maximum absolute atomic E-state index is 5.60. The van der Waals surface area contributed by atoms with Gasteiger partial charge in [0, 0.05) is 23.5 Å². The van der Waals surface area contributed by atoms with Crippen LogP contribution in [0.1, 0.15) is 26.3 Å². The fraction of sp³-hybridized carbons (Fsp3) is 0.429. The third kappa shape index (κ3) is 2.61. The van der Waals surface area contributed by atoms with E-state index in [1.165, 1.54) is 5.56 Å². The van der Waals surface area contributed by atoms with E-state index in [9.17, 15) is 0 Å². The van der Waals surface area contributed by atoms with Crippen LogP contribution < -0.4 is 10.1 Å². The third-order valence-corrected chi connectivity index (χ3v) is 2.64. The van der Waals surface area contributed by atoms with E-state index in [1.807, 2.05) is 25.3 Å². The maximum atomic E-state index is 5.60. The molecule has 1 heterocycles. The van der Waals surface area contributed by atoms with Crippen molar-refractivity contribution in [1.82, 2.24) is 5.32 Å². The van der Waals surface area contributed by atoms with Gasteiger partial charge in [0.1, 0.15) is 0 Å². The number of rotatable bonds is 5. The molecule has 0 aliphatic carbocycles. The minimum Gasteiger partial charge on any atom is -0.490 e. The molecular weight excluding hydrogens is 214 g/mol. The Kier molecular flexibility index (Phi) is 3.69. The minimum atomic E-state index is 0.468. The van der Waals surface area contributed by atoms with Crippen LogP contribution in [-0.2, 0) is 6.54 Å². The van der Waals surface area contributed by atoms with Gasteiger partial charge in [-0.1, -0.05) is 26.0 Å². The van der Waals surface area contributed by atoms with E-state index in [0.717, 1.165) is 23.3 Å². The van der Waals surface area contributed by atoms with Crippen molar-refractivity contribution < 1.29 is 9.15 Å². The predicted octanol–water partition coefficient (Wildman–Crippen LogP) is 3.33. The number of benzene rings is 1. The summed E-state index contributed by atoms with van der Waals surface area (Å²) >= 11 is 0. The van der Waals surface area contributed by atoms with E-state index in [0.29, 0.717) is 12.6 Å². The molecule has 1 aromatic heterocycles. The van der Waals surface area contributed by atoms with Gasteiger partial charge in [-0.25, -0.2) is 0 Å². The first-order valence-electron chi connectivity index (χ1n) is 6.07. The van der Waals surface area contributed by atoms with Crippen LogP contribution in [0, 0.1) is 0 Å². The number of furan rings is 1. The predicted molar refractivity (Wildman–Crippen MR) is 69.4 cm³/mol. The Bertz CT molecular complexity index is 488. The molecule has 2 aromatic rings. The first-order valence-corrected chi connectivity index (χ1v) is 6.07. The molecule has 3 nitrogen and oxygen atoms in total. The largest absolute Gasteiger partial charge is 0.490 e. The highest BCUT2D eigenvalue weighted by Crippen LogP contribution is 2.29. The average Bonchev–Trinajstić information content (AvgIpc) is 2.71. The number of fused-ring (bicyclic) bond motifs is 1. The van der Waals surface area contributed by atoms with Gasteiger partial charge >= 0.3 is 0 Å². The van der Waals surface area contributed by atoms with Gasteiger partial charge in [-0.2, -0.15) is 0 Å². The van der Waals surface area contributed by atoms with Gasteiger partial charge < -0.3 is 14.5 Å². The van der Waals surface area contributed by atoms with E-state index in [2.05, 4.69) is 25.2 Å². The molecule has 0 amide bonds. The minimum absolute atomic E-state index is 0.468. The smallest absolute Gasteiger partial charge is 0.176 e. The Labute approximate surface area is 102 Å². The van der Waals surface area contributed by atoms with Crippen molar-refractivity contribution >= 4 is 11.0 Å². The molecule has 1 aromatic carbocycles. The van der Waals surface area contributed by atoms with Crippen molar-refractivity contribution in [3.8, 4) is 5.75 Å². The highest BCUT2D eigenvalue weighted by Gasteiger charge is 2.10. The first kappa shape index (κ1) is 12.0. The summed E-state index contributed by atoms with van der Waals surface area (Å²) in [7, 11) is 0. The second kappa shape index (κ2) is 5.23. The average molecular weight is 233 g/mol. The molecule has 0 saturated carbocycles. The highest BCUT2D eigenvalue weighted by molar-refractivity contribution is 5.86. The third-order valence-electron chi connectivity index (χ3n) is 2.64. The number of hydrogen-bond acceptors (Lipinski definition) is 3. The van der Waals surface area contributed by atoms with Crippen LogP contribution in [0.3, 0.4) is 0 Å². The van der Waals surface area contributed by atoms with Crippen molar-refractivity contribution in [3.63, 3.8) is 0 Å². The quantitative estimate of drug-likeness (QED) is 0.860. The van der Waals surface area contributed by atoms with Crippen LogP contribution in [0.4, 0.5) is 0 Å². The Hall–Kier alpha value is -1.48. The van der Waals surface area contributed by atoms with Crippen LogP contribution in [-0.4, -0.2) is 12.6 Å². The standard InChI is InChI=1S/C14H19NO2/c1-4-16-13-7-5-6-12-11(8-15-10(2)3)9-17-14(12)13/h5-7,9-10,15H,4,8H2,1-3H3. The van der Waals surface area contributed by atoms with Crippen molar-refractivity contribution in [2.75, 3.05) is 6.61 Å². The van der Waals surface area contributed by atoms with Gasteiger partial charge in [-0.3, -0.25) is 0 Å². The second-order valence-electron chi connectivity index (χ2n) is 4.36. The molecule has 0 bridgehead atoms. The molecular formula is C14H19NO2. The highest BCUT2D eigenvalue weighted by atomic mass is 16.5. The molecule has 2 rings (SSSR count). The SMILES string of the molecule is CCOc1cccc2c(CNC(C)C)coc12. The number of hydrogen-bond donors (Lipinski definition) is 1. The van der Waals surface area contributed by atoms with Crippen LogP contribution in [0.15, 0.2) is 28.9 Å². The molecule has 0 atom stereocenters. The Balaban J connectivity index is 2.30. The Morgan fingerprint density at radius 3 is 2.88 bits per heavy atom. The van der Waals surface area contributed by atoms with Gasteiger partial charge in [0.15, 0.2) is 11.3 Å². The molecule has 0 unspecified atom stereocenters. The summed E-state index contributed by atoms with van der Waals surface area (Å²) in [6.07, 6.45) is 1.81. The summed E-state index contributed by atoms with van der Waals surface area (Å²) in [5, 5.41) is 4.52. The molecule has 3 heteroatoms. The lowest BCUT2D eigenvalue weighted by molar-refractivity contribution is 0.338. The zero-order chi connectivity index (χ0) is 12.3. The van der Waals surface area contributed by atoms with Crippen LogP contribution >= 0.6 is 0 Å². The van der Waals surface area contributed by atoms with E-state index >= 15 is 0 Å². The van der Waals surface area contributed by atoms with E-state index in [4.69, 9.17) is 9.15 Å². The topological polar surface area (TPSA) is 34.4 Å². The van der Waals surface area contributed by atoms with Crippen molar-refractivity contribution in [1.29, 1.82) is 0 Å². The second-order valence-corrected chi connectivity index (χ2v) is 4.36. The first-order chi connectivity index (χ1) is 8.22. The van der Waals surface area contributed by atoms with Crippen LogP contribution in [0.5, 0.6) is 5.75 Å². The molecule has 1 N–H and O–H groups in total. The maximum Gasteiger partial charge on any atom is 0.176 e. The zero-order valence-electron chi connectivity index (χ0n) is 10.6. The van der Waals surface area contributed by atoms with Gasteiger partial charge in [0.05, 0.1) is 12.9 Å². The lowest BCUT2D eigenvalue weighted by Crippen LogP contribution is -2.21. The normalized spacial score (nSPS) is 11.3. The number of nitrogens with one attached hydrogen (secondary N) is 1. The summed E-state index contributed by atoms with van der Waals surface area (Å²) in [5.41, 5.74) is 2.02. The van der Waals surface area contributed by atoms with E-state index < -0.39 is 0 Å². The van der Waals surface area contributed by atoms with Gasteiger partial charge in [-0.05, 0) is 13.0 Å². The summed E-state index contributed by atoms with van der Waals surface area (Å²) < 4.78 is 11.1. The summed E-state index contributed by atoms with van der Waals surface area (Å²) in [6.45, 7) is 7.71. The van der Waals surface area contributed by atoms with E-state index in [1.54, 1.807) is 0 Å². The van der Waals surface area contributed by atoms with Gasteiger partial charge in [0.25, 0.3) is 0 Å². The van der Waals surface area contributed by atoms with Crippen molar-refractivity contribution in [2.45, 2.75) is 33.4 Å². The summed E-state index contributed by atoms with van der Waals surface area (Å²) in [6, 6.07) is 6.48. The fourth-order valence-electron chi connectivity index (χ4n) is 1.80. The molecule has 0 aliphatic rings. The van der Waals surface area contributed by atoms with Gasteiger partial charge in [0.2, 0.25) is 0 Å². The van der Waals surface area contributed by atoms with Crippen molar-refractivity contribution in [2.24, 2.45) is 0 Å². The molecule has 0 aliphatic heterocycles. The summed E-state index contributed by atoms with van der Waals surface area (Å²) in [5.74, 6) is 0.820. The lowest BCUT2D eigenvalue weighted by atomic mass is 10.1. The number of ether oxygens (including phenoxy) is 1. The Morgan fingerprint density at radius 1 is 1.35 bits per heavy atom. The molecule has 0 radical (unpaired) electrons. The molecule has 17 heavy (non-hydrogen) atoms. The molecule has 92 valence electrons. The van der Waals surface area contributed by atoms with Crippen LogP contribution in [0.2, 0.25) is 0 Å². The van der Waals surface area contributed by atoms with Gasteiger partial charge in [-0.15, -0.1) is 0 Å².